The molecule has 2 heteroatoms. The summed E-state index contributed by atoms with van der Waals surface area (Å²) in [5, 5.41) is 0. The molecule has 0 aromatic carbocycles. The van der Waals surface area contributed by atoms with Gasteiger partial charge in [0.2, 0.25) is 0 Å². The van der Waals surface area contributed by atoms with Gasteiger partial charge in [0.25, 0.3) is 0 Å². The van der Waals surface area contributed by atoms with E-state index in [0.29, 0.717) is 12.0 Å². The van der Waals surface area contributed by atoms with Crippen LogP contribution in [0.1, 0.15) is 20.3 Å². The summed E-state index contributed by atoms with van der Waals surface area (Å²) in [5.41, 5.74) is 5.91. The van der Waals surface area contributed by atoms with E-state index in [2.05, 4.69) is 32.4 Å². The van der Waals surface area contributed by atoms with Crippen molar-refractivity contribution in [3.63, 3.8) is 0 Å². The Hall–Kier alpha value is -0.340. The van der Waals surface area contributed by atoms with Crippen LogP contribution in [0.3, 0.4) is 0 Å². The van der Waals surface area contributed by atoms with Gasteiger partial charge in [-0.15, -0.1) is 6.58 Å². The molecule has 0 aromatic rings. The zero-order chi connectivity index (χ0) is 9.56. The molecule has 0 bridgehead atoms. The van der Waals surface area contributed by atoms with Crippen molar-refractivity contribution in [1.82, 2.24) is 4.90 Å². The lowest BCUT2D eigenvalue weighted by Crippen LogP contribution is -2.31. The molecule has 0 saturated carbocycles. The highest BCUT2D eigenvalue weighted by atomic mass is 15.1. The van der Waals surface area contributed by atoms with Gasteiger partial charge < -0.3 is 10.6 Å². The highest BCUT2D eigenvalue weighted by Crippen LogP contribution is 2.03. The van der Waals surface area contributed by atoms with Crippen molar-refractivity contribution in [2.75, 3.05) is 20.1 Å². The minimum Gasteiger partial charge on any atom is -0.327 e. The van der Waals surface area contributed by atoms with Gasteiger partial charge in [0, 0.05) is 12.6 Å². The molecule has 12 heavy (non-hydrogen) atoms. The zero-order valence-electron chi connectivity index (χ0n) is 8.59. The summed E-state index contributed by atoms with van der Waals surface area (Å²) < 4.78 is 0. The molecule has 0 aliphatic carbocycles. The molecule has 1 unspecified atom stereocenters. The van der Waals surface area contributed by atoms with Crippen LogP contribution in [0.4, 0.5) is 0 Å². The standard InChI is InChI=1S/C10H22N2/c1-5-7-12(4)8-6-10(11)9(2)3/h5,9-10H,1,6-8,11H2,2-4H3. The second-order valence-electron chi connectivity index (χ2n) is 3.75. The third kappa shape index (κ3) is 5.33. The van der Waals surface area contributed by atoms with E-state index in [4.69, 9.17) is 5.73 Å². The minimum atomic E-state index is 0.331. The molecule has 1 atom stereocenters. The number of hydrogen-bond acceptors (Lipinski definition) is 2. The molecule has 0 heterocycles. The van der Waals surface area contributed by atoms with Crippen molar-refractivity contribution in [2.45, 2.75) is 26.3 Å². The minimum absolute atomic E-state index is 0.331. The van der Waals surface area contributed by atoms with Crippen LogP contribution in [0.5, 0.6) is 0 Å². The smallest absolute Gasteiger partial charge is 0.0157 e. The van der Waals surface area contributed by atoms with Crippen LogP contribution in [0.2, 0.25) is 0 Å². The Morgan fingerprint density at radius 2 is 2.08 bits per heavy atom. The maximum Gasteiger partial charge on any atom is 0.0157 e. The van der Waals surface area contributed by atoms with Crippen molar-refractivity contribution in [3.05, 3.63) is 12.7 Å². The maximum atomic E-state index is 5.91. The highest BCUT2D eigenvalue weighted by Gasteiger charge is 2.07. The quantitative estimate of drug-likeness (QED) is 0.612. The summed E-state index contributed by atoms with van der Waals surface area (Å²) >= 11 is 0. The topological polar surface area (TPSA) is 29.3 Å². The Balaban J connectivity index is 3.46. The molecular formula is C10H22N2. The van der Waals surface area contributed by atoms with E-state index in [0.717, 1.165) is 19.5 Å². The van der Waals surface area contributed by atoms with Crippen LogP contribution in [-0.2, 0) is 0 Å². The molecule has 0 amide bonds. The summed E-state index contributed by atoms with van der Waals surface area (Å²) in [7, 11) is 2.09. The SMILES string of the molecule is C=CCN(C)CCC(N)C(C)C. The van der Waals surface area contributed by atoms with Crippen molar-refractivity contribution >= 4 is 0 Å². The van der Waals surface area contributed by atoms with Crippen molar-refractivity contribution in [3.8, 4) is 0 Å². The van der Waals surface area contributed by atoms with Crippen LogP contribution < -0.4 is 5.73 Å². The number of rotatable bonds is 6. The summed E-state index contributed by atoms with van der Waals surface area (Å²) in [5.74, 6) is 0.585. The average molecular weight is 170 g/mol. The molecule has 0 saturated heterocycles. The normalized spacial score (nSPS) is 13.8. The van der Waals surface area contributed by atoms with Gasteiger partial charge in [-0.2, -0.15) is 0 Å². The van der Waals surface area contributed by atoms with Crippen LogP contribution in [0, 0.1) is 5.92 Å². The molecule has 72 valence electrons. The monoisotopic (exact) mass is 170 g/mol. The number of nitrogens with two attached hydrogens (primary N) is 1. The Morgan fingerprint density at radius 1 is 1.50 bits per heavy atom. The predicted molar refractivity (Wildman–Crippen MR) is 55.1 cm³/mol. The second kappa shape index (κ2) is 6.21. The zero-order valence-corrected chi connectivity index (χ0v) is 8.59. The fourth-order valence-electron chi connectivity index (χ4n) is 1.01. The molecule has 0 radical (unpaired) electrons. The van der Waals surface area contributed by atoms with Gasteiger partial charge in [-0.25, -0.2) is 0 Å². The molecule has 0 spiro atoms. The Morgan fingerprint density at radius 3 is 2.50 bits per heavy atom. The number of nitrogens with zero attached hydrogens (tertiary/aromatic N) is 1. The van der Waals surface area contributed by atoms with Crippen LogP contribution in [0.25, 0.3) is 0 Å². The number of likely N-dealkylation sites (N-methyl/N-ethyl adjacent to an activating group) is 1. The molecule has 0 aliphatic heterocycles. The maximum absolute atomic E-state index is 5.91. The Bertz CT molecular complexity index is 121. The van der Waals surface area contributed by atoms with Gasteiger partial charge in [-0.3, -0.25) is 0 Å². The predicted octanol–water partition coefficient (Wildman–Crippen LogP) is 1.48. The summed E-state index contributed by atoms with van der Waals surface area (Å²) in [6.45, 7) is 10.0. The fraction of sp³-hybridized carbons (Fsp3) is 0.800. The van der Waals surface area contributed by atoms with Gasteiger partial charge in [0.1, 0.15) is 0 Å². The number of hydrogen-bond donors (Lipinski definition) is 1. The van der Waals surface area contributed by atoms with E-state index in [9.17, 15) is 0 Å². The third-order valence-electron chi connectivity index (χ3n) is 2.14. The Labute approximate surface area is 76.4 Å². The second-order valence-corrected chi connectivity index (χ2v) is 3.75. The van der Waals surface area contributed by atoms with Gasteiger partial charge in [-0.05, 0) is 25.9 Å². The molecule has 0 rings (SSSR count). The Kier molecular flexibility index (Phi) is 6.03. The highest BCUT2D eigenvalue weighted by molar-refractivity contribution is 4.73. The van der Waals surface area contributed by atoms with Gasteiger partial charge in [-0.1, -0.05) is 19.9 Å². The molecule has 0 fully saturated rings. The van der Waals surface area contributed by atoms with Gasteiger partial charge in [0.05, 0.1) is 0 Å². The first-order chi connectivity index (χ1) is 5.57. The molecule has 0 aliphatic rings. The van der Waals surface area contributed by atoms with E-state index in [-0.39, 0.29) is 0 Å². The van der Waals surface area contributed by atoms with Crippen LogP contribution in [-0.4, -0.2) is 31.1 Å². The van der Waals surface area contributed by atoms with E-state index in [1.54, 1.807) is 0 Å². The summed E-state index contributed by atoms with van der Waals surface area (Å²) in [4.78, 5) is 2.23. The lowest BCUT2D eigenvalue weighted by molar-refractivity contribution is 0.328. The molecule has 2 nitrogen and oxygen atoms in total. The molecule has 0 aromatic heterocycles. The van der Waals surface area contributed by atoms with Gasteiger partial charge >= 0.3 is 0 Å². The van der Waals surface area contributed by atoms with Crippen LogP contribution in [0.15, 0.2) is 12.7 Å². The van der Waals surface area contributed by atoms with E-state index in [1.807, 2.05) is 6.08 Å². The van der Waals surface area contributed by atoms with Crippen LogP contribution >= 0.6 is 0 Å². The van der Waals surface area contributed by atoms with Crippen molar-refractivity contribution in [1.29, 1.82) is 0 Å². The van der Waals surface area contributed by atoms with Crippen molar-refractivity contribution < 1.29 is 0 Å². The molecule has 2 N–H and O–H groups in total. The first kappa shape index (κ1) is 11.7. The van der Waals surface area contributed by atoms with E-state index < -0.39 is 0 Å². The van der Waals surface area contributed by atoms with Gasteiger partial charge in [0.15, 0.2) is 0 Å². The lowest BCUT2D eigenvalue weighted by Gasteiger charge is -2.19. The van der Waals surface area contributed by atoms with E-state index in [1.165, 1.54) is 0 Å². The average Bonchev–Trinajstić information content (AvgIpc) is 2.00. The van der Waals surface area contributed by atoms with E-state index >= 15 is 0 Å². The third-order valence-corrected chi connectivity index (χ3v) is 2.14. The lowest BCUT2D eigenvalue weighted by atomic mass is 10.0. The first-order valence-corrected chi connectivity index (χ1v) is 4.63. The molecular weight excluding hydrogens is 148 g/mol. The first-order valence-electron chi connectivity index (χ1n) is 4.63. The summed E-state index contributed by atoms with van der Waals surface area (Å²) in [6, 6.07) is 0.331. The fourth-order valence-corrected chi connectivity index (χ4v) is 1.01. The van der Waals surface area contributed by atoms with Crippen molar-refractivity contribution in [2.24, 2.45) is 11.7 Å². The largest absolute Gasteiger partial charge is 0.327 e. The summed E-state index contributed by atoms with van der Waals surface area (Å²) in [6.07, 6.45) is 2.99.